The van der Waals surface area contributed by atoms with Crippen molar-refractivity contribution in [1.82, 2.24) is 0 Å². The molecule has 1 atom stereocenters. The summed E-state index contributed by atoms with van der Waals surface area (Å²) in [5.41, 5.74) is 1.14. The first-order valence-electron chi connectivity index (χ1n) is 6.36. The first-order chi connectivity index (χ1) is 9.99. The van der Waals surface area contributed by atoms with E-state index in [2.05, 4.69) is 21.2 Å². The van der Waals surface area contributed by atoms with Crippen LogP contribution in [0.2, 0.25) is 0 Å². The number of anilines is 1. The maximum absolute atomic E-state index is 13.7. The molecule has 3 rings (SSSR count). The molecule has 0 aliphatic heterocycles. The van der Waals surface area contributed by atoms with Gasteiger partial charge in [0.15, 0.2) is 23.3 Å². The Bertz CT molecular complexity index is 691. The molecule has 1 N–H and O–H groups in total. The standard InChI is InChI=1S/C15H10BrF4N/c16-9-3-1-2-8-7(9)4-5-12(8)21-15-13(19)10(17)6-11(18)14(15)20/h1-3,6,12,21H,4-5H2. The van der Waals surface area contributed by atoms with E-state index in [9.17, 15) is 17.6 Å². The number of rotatable bonds is 2. The van der Waals surface area contributed by atoms with Gasteiger partial charge in [0.25, 0.3) is 0 Å². The molecule has 6 heteroatoms. The van der Waals surface area contributed by atoms with Crippen molar-refractivity contribution in [2.75, 3.05) is 5.32 Å². The molecule has 0 saturated heterocycles. The molecular weight excluding hydrogens is 350 g/mol. The van der Waals surface area contributed by atoms with E-state index in [4.69, 9.17) is 0 Å². The van der Waals surface area contributed by atoms with Crippen molar-refractivity contribution in [2.45, 2.75) is 18.9 Å². The van der Waals surface area contributed by atoms with Crippen LogP contribution in [0.3, 0.4) is 0 Å². The van der Waals surface area contributed by atoms with E-state index < -0.39 is 29.0 Å². The van der Waals surface area contributed by atoms with Crippen molar-refractivity contribution >= 4 is 21.6 Å². The highest BCUT2D eigenvalue weighted by atomic mass is 79.9. The van der Waals surface area contributed by atoms with E-state index in [0.29, 0.717) is 6.42 Å². The first-order valence-corrected chi connectivity index (χ1v) is 7.15. The fourth-order valence-electron chi connectivity index (χ4n) is 2.63. The van der Waals surface area contributed by atoms with Crippen LogP contribution in [0.5, 0.6) is 0 Å². The summed E-state index contributed by atoms with van der Waals surface area (Å²) in [6.07, 6.45) is 1.31. The van der Waals surface area contributed by atoms with Gasteiger partial charge < -0.3 is 5.32 Å². The number of halogens is 5. The molecule has 1 unspecified atom stereocenters. The quantitative estimate of drug-likeness (QED) is 0.580. The van der Waals surface area contributed by atoms with Gasteiger partial charge in [0.2, 0.25) is 0 Å². The maximum Gasteiger partial charge on any atom is 0.185 e. The zero-order valence-electron chi connectivity index (χ0n) is 10.7. The minimum absolute atomic E-state index is 0.203. The molecular formula is C15H10BrF4N. The smallest absolute Gasteiger partial charge is 0.185 e. The van der Waals surface area contributed by atoms with Crippen LogP contribution >= 0.6 is 15.9 Å². The average Bonchev–Trinajstić information content (AvgIpc) is 2.86. The molecule has 1 nitrogen and oxygen atoms in total. The van der Waals surface area contributed by atoms with Gasteiger partial charge in [-0.15, -0.1) is 0 Å². The van der Waals surface area contributed by atoms with E-state index in [1.165, 1.54) is 0 Å². The second kappa shape index (κ2) is 5.33. The lowest BCUT2D eigenvalue weighted by molar-refractivity contribution is 0.456. The zero-order valence-corrected chi connectivity index (χ0v) is 12.3. The van der Waals surface area contributed by atoms with Crippen molar-refractivity contribution in [2.24, 2.45) is 0 Å². The van der Waals surface area contributed by atoms with Crippen LogP contribution in [0.15, 0.2) is 28.7 Å². The van der Waals surface area contributed by atoms with Crippen LogP contribution in [0, 0.1) is 23.3 Å². The summed E-state index contributed by atoms with van der Waals surface area (Å²) < 4.78 is 54.8. The lowest BCUT2D eigenvalue weighted by Gasteiger charge is -2.17. The van der Waals surface area contributed by atoms with Gasteiger partial charge >= 0.3 is 0 Å². The zero-order chi connectivity index (χ0) is 15.1. The summed E-state index contributed by atoms with van der Waals surface area (Å²) in [4.78, 5) is 0. The molecule has 0 saturated carbocycles. The normalized spacial score (nSPS) is 16.9. The van der Waals surface area contributed by atoms with Crippen LogP contribution < -0.4 is 5.32 Å². The largest absolute Gasteiger partial charge is 0.373 e. The highest BCUT2D eigenvalue weighted by molar-refractivity contribution is 9.10. The molecule has 0 heterocycles. The van der Waals surface area contributed by atoms with Gasteiger partial charge in [-0.2, -0.15) is 0 Å². The number of benzene rings is 2. The van der Waals surface area contributed by atoms with Crippen molar-refractivity contribution in [3.05, 3.63) is 63.1 Å². The van der Waals surface area contributed by atoms with Gasteiger partial charge in [0, 0.05) is 10.5 Å². The van der Waals surface area contributed by atoms with Gasteiger partial charge in [0.05, 0.1) is 6.04 Å². The topological polar surface area (TPSA) is 12.0 Å². The highest BCUT2D eigenvalue weighted by Gasteiger charge is 2.27. The molecule has 0 amide bonds. The van der Waals surface area contributed by atoms with Crippen LogP contribution in [-0.2, 0) is 6.42 Å². The fourth-order valence-corrected chi connectivity index (χ4v) is 3.21. The Balaban J connectivity index is 1.99. The van der Waals surface area contributed by atoms with Crippen LogP contribution in [-0.4, -0.2) is 0 Å². The summed E-state index contributed by atoms with van der Waals surface area (Å²) in [5.74, 6) is -5.64. The summed E-state index contributed by atoms with van der Waals surface area (Å²) >= 11 is 3.42. The lowest BCUT2D eigenvalue weighted by atomic mass is 10.1. The van der Waals surface area contributed by atoms with Crippen LogP contribution in [0.25, 0.3) is 0 Å². The number of nitrogens with one attached hydrogen (secondary N) is 1. The Morgan fingerprint density at radius 3 is 2.38 bits per heavy atom. The predicted octanol–water partition coefficient (Wildman–Crippen LogP) is 5.10. The number of fused-ring (bicyclic) bond motifs is 1. The Labute approximate surface area is 127 Å². The summed E-state index contributed by atoms with van der Waals surface area (Å²) in [5, 5.41) is 2.59. The van der Waals surface area contributed by atoms with E-state index in [-0.39, 0.29) is 12.1 Å². The number of hydrogen-bond donors (Lipinski definition) is 1. The Kier molecular flexibility index (Phi) is 3.65. The fraction of sp³-hybridized carbons (Fsp3) is 0.200. The molecule has 0 aromatic heterocycles. The van der Waals surface area contributed by atoms with E-state index >= 15 is 0 Å². The maximum atomic E-state index is 13.7. The Hall–Kier alpha value is -1.56. The molecule has 1 aliphatic rings. The van der Waals surface area contributed by atoms with Gasteiger partial charge in [-0.3, -0.25) is 0 Å². The van der Waals surface area contributed by atoms with Crippen molar-refractivity contribution < 1.29 is 17.6 Å². The highest BCUT2D eigenvalue weighted by Crippen LogP contribution is 2.38. The van der Waals surface area contributed by atoms with E-state index in [1.807, 2.05) is 18.2 Å². The van der Waals surface area contributed by atoms with Crippen LogP contribution in [0.4, 0.5) is 23.2 Å². The van der Waals surface area contributed by atoms with Gasteiger partial charge in [-0.25, -0.2) is 17.6 Å². The van der Waals surface area contributed by atoms with E-state index in [1.54, 1.807) is 0 Å². The Morgan fingerprint density at radius 2 is 1.71 bits per heavy atom. The third-order valence-electron chi connectivity index (χ3n) is 3.64. The average molecular weight is 360 g/mol. The Morgan fingerprint density at radius 1 is 1.05 bits per heavy atom. The third kappa shape index (κ3) is 2.41. The van der Waals surface area contributed by atoms with Crippen molar-refractivity contribution in [3.8, 4) is 0 Å². The molecule has 0 radical (unpaired) electrons. The summed E-state index contributed by atoms with van der Waals surface area (Å²) in [6, 6.07) is 5.33. The molecule has 0 fully saturated rings. The third-order valence-corrected chi connectivity index (χ3v) is 4.39. The van der Waals surface area contributed by atoms with Crippen LogP contribution in [0.1, 0.15) is 23.6 Å². The molecule has 2 aromatic carbocycles. The molecule has 110 valence electrons. The monoisotopic (exact) mass is 359 g/mol. The second-order valence-electron chi connectivity index (χ2n) is 4.89. The molecule has 0 bridgehead atoms. The first kappa shape index (κ1) is 14.4. The van der Waals surface area contributed by atoms with E-state index in [0.717, 1.165) is 22.0 Å². The minimum atomic E-state index is -1.41. The summed E-state index contributed by atoms with van der Waals surface area (Å²) in [7, 11) is 0. The molecule has 1 aliphatic carbocycles. The predicted molar refractivity (Wildman–Crippen MR) is 75.1 cm³/mol. The minimum Gasteiger partial charge on any atom is -0.373 e. The SMILES string of the molecule is Fc1cc(F)c(F)c(NC2CCc3c(Br)cccc32)c1F. The van der Waals surface area contributed by atoms with Gasteiger partial charge in [-0.1, -0.05) is 28.1 Å². The van der Waals surface area contributed by atoms with Crippen molar-refractivity contribution in [3.63, 3.8) is 0 Å². The lowest BCUT2D eigenvalue weighted by Crippen LogP contribution is -2.12. The molecule has 2 aromatic rings. The van der Waals surface area contributed by atoms with Gasteiger partial charge in [0.1, 0.15) is 5.69 Å². The van der Waals surface area contributed by atoms with Crippen molar-refractivity contribution in [1.29, 1.82) is 0 Å². The number of hydrogen-bond acceptors (Lipinski definition) is 1. The summed E-state index contributed by atoms with van der Waals surface area (Å²) in [6.45, 7) is 0. The second-order valence-corrected chi connectivity index (χ2v) is 5.74. The molecule has 0 spiro atoms. The molecule has 21 heavy (non-hydrogen) atoms. The van der Waals surface area contributed by atoms with Gasteiger partial charge in [-0.05, 0) is 30.0 Å².